The Balaban J connectivity index is 0. The molecule has 66 valence electrons. The topological polar surface area (TPSA) is 39.2 Å². The van der Waals surface area contributed by atoms with Crippen LogP contribution < -0.4 is 29.6 Å². The molecule has 1 heterocycles. The van der Waals surface area contributed by atoms with Gasteiger partial charge in [0, 0.05) is 6.20 Å². The quantitative estimate of drug-likeness (QED) is 0.424. The van der Waals surface area contributed by atoms with Gasteiger partial charge in [-0.15, -0.1) is 0 Å². The molecule has 1 rings (SSSR count). The van der Waals surface area contributed by atoms with Crippen molar-refractivity contribution in [1.29, 1.82) is 0 Å². The minimum absolute atomic E-state index is 0. The van der Waals surface area contributed by atoms with Crippen LogP contribution in [-0.4, -0.2) is 17.6 Å². The van der Waals surface area contributed by atoms with Gasteiger partial charge >= 0.3 is 35.5 Å². The maximum atomic E-state index is 12.5. The summed E-state index contributed by atoms with van der Waals surface area (Å²) < 4.78 is 17.1. The van der Waals surface area contributed by atoms with E-state index >= 15 is 0 Å². The molecule has 0 aliphatic carbocycles. The van der Waals surface area contributed by atoms with Gasteiger partial charge in [0.25, 0.3) is 0 Å². The second-order valence-corrected chi connectivity index (χ2v) is 2.11. The number of carbonyl (C=O) groups is 1. The Morgan fingerprint density at radius 2 is 2.38 bits per heavy atom. The summed E-state index contributed by atoms with van der Waals surface area (Å²) in [5.41, 5.74) is 0.136. The number of hydrogen-bond acceptors (Lipinski definition) is 3. The standard InChI is InChI=1S/C8H8FNO2.Na.H/c1-2-12-8(11)6-3-7(9)5-10-4-6;;/h3-5H,2H2,1H3;;/q;+1;-1. The van der Waals surface area contributed by atoms with Crippen LogP contribution in [0.15, 0.2) is 18.5 Å². The first-order valence-corrected chi connectivity index (χ1v) is 3.51. The molecule has 0 spiro atoms. The molecular formula is C8H9FNNaO2. The van der Waals surface area contributed by atoms with Crippen molar-refractivity contribution in [3.05, 3.63) is 29.8 Å². The predicted octanol–water partition coefficient (Wildman–Crippen LogP) is -1.49. The molecule has 5 heteroatoms. The van der Waals surface area contributed by atoms with Crippen LogP contribution in [-0.2, 0) is 4.74 Å². The summed E-state index contributed by atoms with van der Waals surface area (Å²) in [5.74, 6) is -1.09. The molecule has 0 saturated carbocycles. The van der Waals surface area contributed by atoms with Crippen molar-refractivity contribution in [1.82, 2.24) is 4.98 Å². The van der Waals surface area contributed by atoms with Crippen LogP contribution in [0.1, 0.15) is 18.7 Å². The van der Waals surface area contributed by atoms with Gasteiger partial charge in [-0.1, -0.05) is 0 Å². The summed E-state index contributed by atoms with van der Waals surface area (Å²) in [6.45, 7) is 1.96. The second-order valence-electron chi connectivity index (χ2n) is 2.11. The molecule has 0 atom stereocenters. The van der Waals surface area contributed by atoms with E-state index in [0.29, 0.717) is 0 Å². The normalized spacial score (nSPS) is 8.77. The third-order valence-electron chi connectivity index (χ3n) is 1.22. The Bertz CT molecular complexity index is 298. The molecule has 0 radical (unpaired) electrons. The molecule has 1 aromatic rings. The molecule has 1 aromatic heterocycles. The molecule has 0 aromatic carbocycles. The Hall–Kier alpha value is -0.450. The summed E-state index contributed by atoms with van der Waals surface area (Å²) in [7, 11) is 0. The average Bonchev–Trinajstić information content (AvgIpc) is 2.05. The number of pyridine rings is 1. The van der Waals surface area contributed by atoms with Gasteiger partial charge in [-0.25, -0.2) is 9.18 Å². The first kappa shape index (κ1) is 12.6. The molecule has 0 bridgehead atoms. The molecular weight excluding hydrogens is 184 g/mol. The maximum Gasteiger partial charge on any atom is 1.00 e. The molecule has 0 N–H and O–H groups in total. The molecule has 0 amide bonds. The molecule has 0 fully saturated rings. The summed E-state index contributed by atoms with van der Waals surface area (Å²) in [6.07, 6.45) is 2.30. The van der Waals surface area contributed by atoms with Crippen molar-refractivity contribution in [3.8, 4) is 0 Å². The third-order valence-corrected chi connectivity index (χ3v) is 1.22. The number of esters is 1. The van der Waals surface area contributed by atoms with E-state index in [1.165, 1.54) is 6.20 Å². The summed E-state index contributed by atoms with van der Waals surface area (Å²) in [4.78, 5) is 14.5. The fourth-order valence-electron chi connectivity index (χ4n) is 0.738. The minimum Gasteiger partial charge on any atom is -1.00 e. The van der Waals surface area contributed by atoms with E-state index in [2.05, 4.69) is 9.72 Å². The van der Waals surface area contributed by atoms with Crippen molar-refractivity contribution in [2.45, 2.75) is 6.92 Å². The number of aromatic nitrogens is 1. The smallest absolute Gasteiger partial charge is 1.00 e. The fraction of sp³-hybridized carbons (Fsp3) is 0.250. The Morgan fingerprint density at radius 3 is 2.92 bits per heavy atom. The number of rotatable bonds is 2. The van der Waals surface area contributed by atoms with E-state index in [0.717, 1.165) is 12.3 Å². The van der Waals surface area contributed by atoms with Crippen LogP contribution in [0.25, 0.3) is 0 Å². The number of ether oxygens (including phenoxy) is 1. The van der Waals surface area contributed by atoms with Crippen LogP contribution in [0.3, 0.4) is 0 Å². The van der Waals surface area contributed by atoms with Crippen LogP contribution in [0.2, 0.25) is 0 Å². The van der Waals surface area contributed by atoms with Gasteiger partial charge in [-0.2, -0.15) is 0 Å². The SMILES string of the molecule is CCOC(=O)c1cncc(F)c1.[H-].[Na+]. The van der Waals surface area contributed by atoms with Crippen molar-refractivity contribution < 1.29 is 44.9 Å². The number of nitrogens with zero attached hydrogens (tertiary/aromatic N) is 1. The second kappa shape index (κ2) is 6.07. The van der Waals surface area contributed by atoms with Gasteiger partial charge in [0.2, 0.25) is 0 Å². The summed E-state index contributed by atoms with van der Waals surface area (Å²) in [6, 6.07) is 1.09. The monoisotopic (exact) mass is 193 g/mol. The fourth-order valence-corrected chi connectivity index (χ4v) is 0.738. The van der Waals surface area contributed by atoms with Gasteiger partial charge in [0.1, 0.15) is 5.82 Å². The molecule has 0 saturated heterocycles. The van der Waals surface area contributed by atoms with Crippen molar-refractivity contribution in [3.63, 3.8) is 0 Å². The summed E-state index contributed by atoms with van der Waals surface area (Å²) in [5, 5.41) is 0. The number of carbonyl (C=O) groups excluding carboxylic acids is 1. The first-order chi connectivity index (χ1) is 5.74. The molecule has 13 heavy (non-hydrogen) atoms. The molecule has 0 unspecified atom stereocenters. The first-order valence-electron chi connectivity index (χ1n) is 3.51. The number of halogens is 1. The van der Waals surface area contributed by atoms with Crippen LogP contribution in [0.4, 0.5) is 4.39 Å². The molecule has 0 aliphatic rings. The van der Waals surface area contributed by atoms with E-state index in [9.17, 15) is 9.18 Å². The van der Waals surface area contributed by atoms with E-state index in [-0.39, 0.29) is 43.2 Å². The van der Waals surface area contributed by atoms with E-state index < -0.39 is 11.8 Å². The average molecular weight is 193 g/mol. The van der Waals surface area contributed by atoms with Gasteiger partial charge in [-0.05, 0) is 13.0 Å². The van der Waals surface area contributed by atoms with Gasteiger partial charge in [0.05, 0.1) is 18.4 Å². The zero-order chi connectivity index (χ0) is 8.97. The van der Waals surface area contributed by atoms with Crippen LogP contribution in [0, 0.1) is 5.82 Å². The Morgan fingerprint density at radius 1 is 1.69 bits per heavy atom. The van der Waals surface area contributed by atoms with E-state index in [1.54, 1.807) is 6.92 Å². The van der Waals surface area contributed by atoms with Gasteiger partial charge < -0.3 is 6.16 Å². The molecule has 3 nitrogen and oxygen atoms in total. The van der Waals surface area contributed by atoms with Crippen molar-refractivity contribution in [2.75, 3.05) is 6.61 Å². The third kappa shape index (κ3) is 3.85. The summed E-state index contributed by atoms with van der Waals surface area (Å²) >= 11 is 0. The minimum atomic E-state index is -0.551. The maximum absolute atomic E-state index is 12.5. The molecule has 0 aliphatic heterocycles. The predicted molar refractivity (Wildman–Crippen MR) is 41.3 cm³/mol. The van der Waals surface area contributed by atoms with Gasteiger partial charge in [0.15, 0.2) is 0 Å². The van der Waals surface area contributed by atoms with Crippen molar-refractivity contribution in [2.24, 2.45) is 0 Å². The van der Waals surface area contributed by atoms with Crippen molar-refractivity contribution >= 4 is 5.97 Å². The van der Waals surface area contributed by atoms with Gasteiger partial charge in [-0.3, -0.25) is 4.98 Å². The number of hydrogen-bond donors (Lipinski definition) is 0. The van der Waals surface area contributed by atoms with E-state index in [1.807, 2.05) is 0 Å². The zero-order valence-corrected chi connectivity index (χ0v) is 9.58. The Labute approximate surface area is 99.1 Å². The zero-order valence-electron chi connectivity index (χ0n) is 8.58. The van der Waals surface area contributed by atoms with E-state index in [4.69, 9.17) is 0 Å². The van der Waals surface area contributed by atoms with Crippen LogP contribution >= 0.6 is 0 Å². The Kier molecular flexibility index (Phi) is 5.86. The van der Waals surface area contributed by atoms with Crippen LogP contribution in [0.5, 0.6) is 0 Å². The largest absolute Gasteiger partial charge is 1.00 e.